The second kappa shape index (κ2) is 7.21. The van der Waals surface area contributed by atoms with E-state index in [1.165, 1.54) is 12.1 Å². The van der Waals surface area contributed by atoms with Crippen LogP contribution in [0, 0.1) is 5.82 Å². The van der Waals surface area contributed by atoms with E-state index >= 15 is 0 Å². The van der Waals surface area contributed by atoms with Gasteiger partial charge in [-0.1, -0.05) is 35.9 Å². The van der Waals surface area contributed by atoms with Gasteiger partial charge in [-0.15, -0.1) is 0 Å². The first-order valence-electron chi connectivity index (χ1n) is 8.28. The summed E-state index contributed by atoms with van der Waals surface area (Å²) in [4.78, 5) is 16.7. The molecule has 0 aliphatic heterocycles. The normalized spacial score (nSPS) is 10.9. The second-order valence-electron chi connectivity index (χ2n) is 6.03. The third kappa shape index (κ3) is 3.83. The maximum Gasteiger partial charge on any atom is 0.258 e. The standard InChI is InChI=1S/C21H14ClFN2O2/c22-14-8-9-19-18(12-14)25-20(27-19)11-13-4-3-5-15(10-13)24-21(26)16-6-1-2-7-17(16)23/h1-10,12H,11H2,(H,24,26). The van der Waals surface area contributed by atoms with Crippen molar-refractivity contribution in [3.05, 3.63) is 94.6 Å². The van der Waals surface area contributed by atoms with Crippen molar-refractivity contribution in [2.24, 2.45) is 0 Å². The first kappa shape index (κ1) is 17.2. The lowest BCUT2D eigenvalue weighted by Gasteiger charge is -2.07. The highest BCUT2D eigenvalue weighted by Crippen LogP contribution is 2.22. The van der Waals surface area contributed by atoms with E-state index in [2.05, 4.69) is 10.3 Å². The third-order valence-corrected chi connectivity index (χ3v) is 4.29. The molecule has 0 spiro atoms. The van der Waals surface area contributed by atoms with Gasteiger partial charge < -0.3 is 9.73 Å². The fourth-order valence-corrected chi connectivity index (χ4v) is 2.97. The Hall–Kier alpha value is -3.18. The molecule has 1 amide bonds. The molecular weight excluding hydrogens is 367 g/mol. The number of fused-ring (bicyclic) bond motifs is 1. The molecule has 3 aromatic carbocycles. The number of hydrogen-bond donors (Lipinski definition) is 1. The van der Waals surface area contributed by atoms with Crippen LogP contribution in [0.1, 0.15) is 21.8 Å². The average molecular weight is 381 g/mol. The third-order valence-electron chi connectivity index (χ3n) is 4.05. The van der Waals surface area contributed by atoms with Crippen LogP contribution in [0.3, 0.4) is 0 Å². The van der Waals surface area contributed by atoms with Crippen molar-refractivity contribution in [2.45, 2.75) is 6.42 Å². The maximum atomic E-state index is 13.7. The molecule has 6 heteroatoms. The van der Waals surface area contributed by atoms with Crippen molar-refractivity contribution in [2.75, 3.05) is 5.32 Å². The van der Waals surface area contributed by atoms with E-state index < -0.39 is 11.7 Å². The van der Waals surface area contributed by atoms with Crippen LogP contribution in [0.15, 0.2) is 71.1 Å². The number of amides is 1. The molecule has 0 radical (unpaired) electrons. The summed E-state index contributed by atoms with van der Waals surface area (Å²) in [5, 5.41) is 3.31. The predicted octanol–water partition coefficient (Wildman–Crippen LogP) is 5.46. The lowest BCUT2D eigenvalue weighted by atomic mass is 10.1. The van der Waals surface area contributed by atoms with Crippen LogP contribution in [-0.4, -0.2) is 10.9 Å². The first-order valence-corrected chi connectivity index (χ1v) is 8.66. The summed E-state index contributed by atoms with van der Waals surface area (Å²) in [6.07, 6.45) is 0.454. The average Bonchev–Trinajstić information content (AvgIpc) is 3.03. The SMILES string of the molecule is O=C(Nc1cccc(Cc2nc3cc(Cl)ccc3o2)c1)c1ccccc1F. The molecule has 0 unspecified atom stereocenters. The Kier molecular flexibility index (Phi) is 4.60. The molecule has 1 heterocycles. The number of nitrogens with zero attached hydrogens (tertiary/aromatic N) is 1. The Morgan fingerprint density at radius 2 is 1.93 bits per heavy atom. The van der Waals surface area contributed by atoms with Gasteiger partial charge in [-0.05, 0) is 48.0 Å². The van der Waals surface area contributed by atoms with Crippen molar-refractivity contribution >= 4 is 34.3 Å². The van der Waals surface area contributed by atoms with Gasteiger partial charge in [-0.3, -0.25) is 4.79 Å². The van der Waals surface area contributed by atoms with Gasteiger partial charge in [0.15, 0.2) is 11.5 Å². The van der Waals surface area contributed by atoms with Crippen LogP contribution in [0.4, 0.5) is 10.1 Å². The molecule has 4 aromatic rings. The zero-order valence-electron chi connectivity index (χ0n) is 14.1. The lowest BCUT2D eigenvalue weighted by molar-refractivity contribution is 0.102. The number of rotatable bonds is 4. The number of nitrogens with one attached hydrogen (secondary N) is 1. The zero-order chi connectivity index (χ0) is 18.8. The minimum absolute atomic E-state index is 0.00117. The molecule has 0 atom stereocenters. The molecule has 1 N–H and O–H groups in total. The maximum absolute atomic E-state index is 13.7. The molecule has 1 aromatic heterocycles. The van der Waals surface area contributed by atoms with Crippen molar-refractivity contribution in [1.82, 2.24) is 4.98 Å². The number of benzene rings is 3. The van der Waals surface area contributed by atoms with Gasteiger partial charge in [-0.25, -0.2) is 9.37 Å². The van der Waals surface area contributed by atoms with Gasteiger partial charge in [-0.2, -0.15) is 0 Å². The monoisotopic (exact) mass is 380 g/mol. The minimum Gasteiger partial charge on any atom is -0.440 e. The molecule has 0 saturated carbocycles. The fourth-order valence-electron chi connectivity index (χ4n) is 2.80. The molecule has 0 fully saturated rings. The molecular formula is C21H14ClFN2O2. The highest BCUT2D eigenvalue weighted by atomic mass is 35.5. The molecule has 4 rings (SSSR count). The number of carbonyl (C=O) groups is 1. The second-order valence-corrected chi connectivity index (χ2v) is 6.47. The number of hydrogen-bond acceptors (Lipinski definition) is 3. The van der Waals surface area contributed by atoms with Crippen LogP contribution < -0.4 is 5.32 Å². The summed E-state index contributed by atoms with van der Waals surface area (Å²) in [5.74, 6) is -0.511. The summed E-state index contributed by atoms with van der Waals surface area (Å²) < 4.78 is 19.5. The Labute approximate surface area is 159 Å². The van der Waals surface area contributed by atoms with Crippen LogP contribution in [0.25, 0.3) is 11.1 Å². The number of oxazole rings is 1. The number of halogens is 2. The molecule has 134 valence electrons. The van der Waals surface area contributed by atoms with Gasteiger partial charge in [0, 0.05) is 17.1 Å². The van der Waals surface area contributed by atoms with Crippen LogP contribution in [0.5, 0.6) is 0 Å². The van der Waals surface area contributed by atoms with Crippen LogP contribution in [-0.2, 0) is 6.42 Å². The fraction of sp³-hybridized carbons (Fsp3) is 0.0476. The molecule has 0 bridgehead atoms. The molecule has 0 aliphatic carbocycles. The number of anilines is 1. The van der Waals surface area contributed by atoms with Crippen molar-refractivity contribution < 1.29 is 13.6 Å². The predicted molar refractivity (Wildman–Crippen MR) is 103 cm³/mol. The van der Waals surface area contributed by atoms with Gasteiger partial charge in [0.25, 0.3) is 5.91 Å². The zero-order valence-corrected chi connectivity index (χ0v) is 14.8. The molecule has 27 heavy (non-hydrogen) atoms. The van der Waals surface area contributed by atoms with E-state index in [1.54, 1.807) is 42.5 Å². The lowest BCUT2D eigenvalue weighted by Crippen LogP contribution is -2.13. The van der Waals surface area contributed by atoms with Crippen molar-refractivity contribution in [3.63, 3.8) is 0 Å². The van der Waals surface area contributed by atoms with Crippen molar-refractivity contribution in [1.29, 1.82) is 0 Å². The minimum atomic E-state index is -0.559. The van der Waals surface area contributed by atoms with E-state index in [4.69, 9.17) is 16.0 Å². The van der Waals surface area contributed by atoms with Gasteiger partial charge in [0.1, 0.15) is 11.3 Å². The summed E-state index contributed by atoms with van der Waals surface area (Å²) >= 11 is 5.97. The van der Waals surface area contributed by atoms with Gasteiger partial charge >= 0.3 is 0 Å². The first-order chi connectivity index (χ1) is 13.1. The number of aromatic nitrogens is 1. The van der Waals surface area contributed by atoms with E-state index in [9.17, 15) is 9.18 Å². The van der Waals surface area contributed by atoms with Crippen molar-refractivity contribution in [3.8, 4) is 0 Å². The topological polar surface area (TPSA) is 55.1 Å². The Morgan fingerprint density at radius 3 is 2.78 bits per heavy atom. The van der Waals surface area contributed by atoms with Crippen LogP contribution in [0.2, 0.25) is 5.02 Å². The van der Waals surface area contributed by atoms with Gasteiger partial charge in [0.2, 0.25) is 0 Å². The largest absolute Gasteiger partial charge is 0.440 e. The summed E-state index contributed by atoms with van der Waals surface area (Å²) in [5.41, 5.74) is 2.83. The van der Waals surface area contributed by atoms with E-state index in [-0.39, 0.29) is 5.56 Å². The molecule has 0 saturated heterocycles. The highest BCUT2D eigenvalue weighted by Gasteiger charge is 2.12. The quantitative estimate of drug-likeness (QED) is 0.511. The molecule has 4 nitrogen and oxygen atoms in total. The summed E-state index contributed by atoms with van der Waals surface area (Å²) in [7, 11) is 0. The summed E-state index contributed by atoms with van der Waals surface area (Å²) in [6.45, 7) is 0. The highest BCUT2D eigenvalue weighted by molar-refractivity contribution is 6.31. The smallest absolute Gasteiger partial charge is 0.258 e. The van der Waals surface area contributed by atoms with E-state index in [0.717, 1.165) is 5.56 Å². The van der Waals surface area contributed by atoms with E-state index in [1.807, 2.05) is 12.1 Å². The Morgan fingerprint density at radius 1 is 1.07 bits per heavy atom. The van der Waals surface area contributed by atoms with Crippen LogP contribution >= 0.6 is 11.6 Å². The Balaban J connectivity index is 1.53. The molecule has 0 aliphatic rings. The van der Waals surface area contributed by atoms with Gasteiger partial charge in [0.05, 0.1) is 5.56 Å². The van der Waals surface area contributed by atoms with E-state index in [0.29, 0.717) is 34.1 Å². The summed E-state index contributed by atoms with van der Waals surface area (Å²) in [6, 6.07) is 18.4. The number of carbonyl (C=O) groups excluding carboxylic acids is 1. The Bertz CT molecular complexity index is 1140.